The number of hydrogen-bond donors (Lipinski definition) is 2. The Bertz CT molecular complexity index is 808. The second-order valence-corrected chi connectivity index (χ2v) is 6.68. The van der Waals surface area contributed by atoms with E-state index in [0.717, 1.165) is 6.07 Å². The number of halogens is 2. The van der Waals surface area contributed by atoms with Gasteiger partial charge in [-0.2, -0.15) is 0 Å². The lowest BCUT2D eigenvalue weighted by Gasteiger charge is -2.32. The minimum absolute atomic E-state index is 0.0247. The molecule has 138 valence electrons. The summed E-state index contributed by atoms with van der Waals surface area (Å²) in [6, 6.07) is 0.0968. The lowest BCUT2D eigenvalue weighted by atomic mass is 10.0. The molecule has 0 aromatic heterocycles. The number of benzene rings is 1. The molecule has 3 amide bonds. The van der Waals surface area contributed by atoms with E-state index in [0.29, 0.717) is 31.7 Å². The minimum atomic E-state index is -1.07. The van der Waals surface area contributed by atoms with Gasteiger partial charge in [0.25, 0.3) is 5.91 Å². The predicted molar refractivity (Wildman–Crippen MR) is 87.5 cm³/mol. The molecule has 0 spiro atoms. The third kappa shape index (κ3) is 2.63. The summed E-state index contributed by atoms with van der Waals surface area (Å²) < 4.78 is 28.7. The average molecular weight is 364 g/mol. The van der Waals surface area contributed by atoms with E-state index in [1.54, 1.807) is 4.90 Å². The molecule has 26 heavy (non-hydrogen) atoms. The molecule has 0 aliphatic carbocycles. The van der Waals surface area contributed by atoms with Crippen molar-refractivity contribution >= 4 is 23.4 Å². The van der Waals surface area contributed by atoms with Crippen LogP contribution in [0.3, 0.4) is 0 Å². The Kier molecular flexibility index (Phi) is 4.10. The quantitative estimate of drug-likeness (QED) is 0.730. The summed E-state index contributed by atoms with van der Waals surface area (Å²) in [4.78, 5) is 39.2. The molecule has 3 aliphatic heterocycles. The molecule has 1 unspecified atom stereocenters. The fourth-order valence-corrected chi connectivity index (χ4v) is 3.85. The number of fused-ring (bicyclic) bond motifs is 1. The van der Waals surface area contributed by atoms with Gasteiger partial charge in [0.1, 0.15) is 6.04 Å². The van der Waals surface area contributed by atoms with Gasteiger partial charge < -0.3 is 15.1 Å². The molecule has 2 fully saturated rings. The van der Waals surface area contributed by atoms with Crippen molar-refractivity contribution in [2.75, 3.05) is 31.1 Å². The van der Waals surface area contributed by atoms with Gasteiger partial charge in [-0.3, -0.25) is 19.7 Å². The first-order valence-electron chi connectivity index (χ1n) is 8.58. The number of piperidine rings is 1. The number of imide groups is 1. The highest BCUT2D eigenvalue weighted by Gasteiger charge is 2.41. The molecule has 4 rings (SSSR count). The van der Waals surface area contributed by atoms with Crippen molar-refractivity contribution in [1.29, 1.82) is 0 Å². The number of nitrogens with one attached hydrogen (secondary N) is 2. The molecular weight excluding hydrogens is 346 g/mol. The number of nitrogens with zero attached hydrogens (tertiary/aromatic N) is 2. The number of anilines is 1. The van der Waals surface area contributed by atoms with E-state index in [9.17, 15) is 23.2 Å². The Morgan fingerprint density at radius 3 is 2.54 bits per heavy atom. The number of amides is 3. The number of piperazine rings is 1. The zero-order valence-electron chi connectivity index (χ0n) is 14.0. The van der Waals surface area contributed by atoms with E-state index in [-0.39, 0.29) is 36.5 Å². The molecule has 0 bridgehead atoms. The Morgan fingerprint density at radius 2 is 1.85 bits per heavy atom. The van der Waals surface area contributed by atoms with E-state index < -0.39 is 29.5 Å². The van der Waals surface area contributed by atoms with Crippen LogP contribution in [0.25, 0.3) is 0 Å². The molecule has 3 heterocycles. The van der Waals surface area contributed by atoms with E-state index in [1.165, 1.54) is 4.90 Å². The van der Waals surface area contributed by atoms with Crippen LogP contribution >= 0.6 is 0 Å². The molecule has 9 heteroatoms. The van der Waals surface area contributed by atoms with Gasteiger partial charge in [0.2, 0.25) is 11.8 Å². The first-order chi connectivity index (χ1) is 12.5. The molecule has 2 saturated heterocycles. The standard InChI is InChI=1S/C17H18F2N4O3/c18-11-7-9-10(15(14(11)19)22-5-3-20-4-6-22)8-23(17(9)26)12-1-2-13(24)21-16(12)25/h7,12,20H,1-6,8H2,(H,21,24,25). The molecule has 3 aliphatic rings. The van der Waals surface area contributed by atoms with Crippen molar-refractivity contribution < 1.29 is 23.2 Å². The second-order valence-electron chi connectivity index (χ2n) is 6.68. The van der Waals surface area contributed by atoms with Gasteiger partial charge in [-0.05, 0) is 12.5 Å². The lowest BCUT2D eigenvalue weighted by molar-refractivity contribution is -0.136. The first kappa shape index (κ1) is 16.9. The summed E-state index contributed by atoms with van der Waals surface area (Å²) >= 11 is 0. The van der Waals surface area contributed by atoms with Crippen LogP contribution in [0.5, 0.6) is 0 Å². The molecular formula is C17H18F2N4O3. The number of carbonyl (C=O) groups is 3. The van der Waals surface area contributed by atoms with Crippen LogP contribution in [0, 0.1) is 11.6 Å². The molecule has 1 atom stereocenters. The zero-order valence-corrected chi connectivity index (χ0v) is 14.0. The van der Waals surface area contributed by atoms with Crippen LogP contribution in [-0.2, 0) is 16.1 Å². The topological polar surface area (TPSA) is 81.8 Å². The number of hydrogen-bond acceptors (Lipinski definition) is 5. The van der Waals surface area contributed by atoms with Gasteiger partial charge in [-0.1, -0.05) is 0 Å². The fourth-order valence-electron chi connectivity index (χ4n) is 3.85. The molecule has 2 N–H and O–H groups in total. The van der Waals surface area contributed by atoms with Crippen molar-refractivity contribution in [2.45, 2.75) is 25.4 Å². The van der Waals surface area contributed by atoms with Crippen LogP contribution in [0.1, 0.15) is 28.8 Å². The van der Waals surface area contributed by atoms with Crippen LogP contribution in [0.2, 0.25) is 0 Å². The molecule has 1 aromatic rings. The maximum absolute atomic E-state index is 14.6. The maximum Gasteiger partial charge on any atom is 0.255 e. The van der Waals surface area contributed by atoms with Crippen molar-refractivity contribution in [2.24, 2.45) is 0 Å². The number of rotatable bonds is 2. The van der Waals surface area contributed by atoms with Crippen LogP contribution in [0.4, 0.5) is 14.5 Å². The second kappa shape index (κ2) is 6.31. The fraction of sp³-hybridized carbons (Fsp3) is 0.471. The predicted octanol–water partition coefficient (Wildman–Crippen LogP) is 0.135. The summed E-state index contributed by atoms with van der Waals surface area (Å²) in [5.74, 6) is -3.48. The van der Waals surface area contributed by atoms with E-state index >= 15 is 0 Å². The summed E-state index contributed by atoms with van der Waals surface area (Å²) in [5.41, 5.74) is 0.590. The monoisotopic (exact) mass is 364 g/mol. The summed E-state index contributed by atoms with van der Waals surface area (Å²) in [7, 11) is 0. The van der Waals surface area contributed by atoms with E-state index in [2.05, 4.69) is 10.6 Å². The van der Waals surface area contributed by atoms with Crippen molar-refractivity contribution in [3.05, 3.63) is 28.8 Å². The SMILES string of the molecule is O=C1CCC(N2Cc3c(cc(F)c(F)c3N3CCNCC3)C2=O)C(=O)N1. The van der Waals surface area contributed by atoms with E-state index in [4.69, 9.17) is 0 Å². The molecule has 0 radical (unpaired) electrons. The number of carbonyl (C=O) groups excluding carboxylic acids is 3. The zero-order chi connectivity index (χ0) is 18.4. The van der Waals surface area contributed by atoms with Gasteiger partial charge in [-0.15, -0.1) is 0 Å². The smallest absolute Gasteiger partial charge is 0.255 e. The van der Waals surface area contributed by atoms with Crippen molar-refractivity contribution in [3.63, 3.8) is 0 Å². The Morgan fingerprint density at radius 1 is 1.12 bits per heavy atom. The Hall–Kier alpha value is -2.55. The van der Waals surface area contributed by atoms with Gasteiger partial charge in [-0.25, -0.2) is 8.78 Å². The van der Waals surface area contributed by atoms with Crippen LogP contribution in [-0.4, -0.2) is 54.8 Å². The Balaban J connectivity index is 1.71. The van der Waals surface area contributed by atoms with Crippen LogP contribution < -0.4 is 15.5 Å². The van der Waals surface area contributed by atoms with Gasteiger partial charge >= 0.3 is 0 Å². The highest BCUT2D eigenvalue weighted by molar-refractivity contribution is 6.06. The first-order valence-corrected chi connectivity index (χ1v) is 8.58. The third-order valence-electron chi connectivity index (χ3n) is 5.14. The van der Waals surface area contributed by atoms with Crippen LogP contribution in [0.15, 0.2) is 6.07 Å². The normalized spacial score (nSPS) is 23.3. The lowest BCUT2D eigenvalue weighted by Crippen LogP contribution is -2.52. The summed E-state index contributed by atoms with van der Waals surface area (Å²) in [5, 5.41) is 5.36. The van der Waals surface area contributed by atoms with Crippen molar-refractivity contribution in [3.8, 4) is 0 Å². The van der Waals surface area contributed by atoms with E-state index in [1.807, 2.05) is 0 Å². The van der Waals surface area contributed by atoms with Gasteiger partial charge in [0.05, 0.1) is 5.69 Å². The minimum Gasteiger partial charge on any atom is -0.366 e. The highest BCUT2D eigenvalue weighted by atomic mass is 19.2. The summed E-state index contributed by atoms with van der Waals surface area (Å²) in [6.45, 7) is 2.29. The highest BCUT2D eigenvalue weighted by Crippen LogP contribution is 2.37. The van der Waals surface area contributed by atoms with Gasteiger partial charge in [0.15, 0.2) is 11.6 Å². The Labute approximate surface area is 148 Å². The third-order valence-corrected chi connectivity index (χ3v) is 5.14. The largest absolute Gasteiger partial charge is 0.366 e. The molecule has 0 saturated carbocycles. The maximum atomic E-state index is 14.6. The van der Waals surface area contributed by atoms with Crippen molar-refractivity contribution in [1.82, 2.24) is 15.5 Å². The molecule has 1 aromatic carbocycles. The summed E-state index contributed by atoms with van der Waals surface area (Å²) in [6.07, 6.45) is 0.336. The average Bonchev–Trinajstić information content (AvgIpc) is 2.93. The molecule has 7 nitrogen and oxygen atoms in total. The van der Waals surface area contributed by atoms with Gasteiger partial charge in [0, 0.05) is 50.3 Å².